The van der Waals surface area contributed by atoms with Crippen LogP contribution in [0.5, 0.6) is 5.75 Å². The van der Waals surface area contributed by atoms with E-state index in [1.807, 2.05) is 0 Å². The van der Waals surface area contributed by atoms with E-state index in [2.05, 4.69) is 10.3 Å². The van der Waals surface area contributed by atoms with Gasteiger partial charge in [-0.2, -0.15) is 0 Å². The first-order chi connectivity index (χ1) is 13.1. The van der Waals surface area contributed by atoms with Crippen LogP contribution in [0, 0.1) is 11.6 Å². The number of ether oxygens (including phenoxy) is 1. The number of rotatable bonds is 8. The highest BCUT2D eigenvalue weighted by Crippen LogP contribution is 2.25. The maximum atomic E-state index is 12.9. The number of oxazole rings is 1. The number of hydrogen-bond acceptors (Lipinski definition) is 5. The van der Waals surface area contributed by atoms with Crippen LogP contribution in [0.2, 0.25) is 0 Å². The molecule has 0 radical (unpaired) electrons. The number of aromatic nitrogens is 1. The summed E-state index contributed by atoms with van der Waals surface area (Å²) in [5, 5.41) is 3.06. The van der Waals surface area contributed by atoms with Crippen molar-refractivity contribution in [2.24, 2.45) is 0 Å². The molecule has 0 atom stereocenters. The van der Waals surface area contributed by atoms with Crippen LogP contribution in [0.25, 0.3) is 11.3 Å². The molecule has 3 rings (SSSR count). The summed E-state index contributed by atoms with van der Waals surface area (Å²) >= 11 is 1.16. The number of carbonyl (C=O) groups excluding carboxylic acids is 1. The number of amides is 1. The van der Waals surface area contributed by atoms with Crippen molar-refractivity contribution in [1.29, 1.82) is 0 Å². The van der Waals surface area contributed by atoms with E-state index in [0.717, 1.165) is 11.8 Å². The van der Waals surface area contributed by atoms with Gasteiger partial charge in [0.15, 0.2) is 5.76 Å². The van der Waals surface area contributed by atoms with Gasteiger partial charge >= 0.3 is 0 Å². The molecule has 0 unspecified atom stereocenters. The molecule has 1 N–H and O–H groups in total. The van der Waals surface area contributed by atoms with Crippen molar-refractivity contribution in [2.45, 2.75) is 5.22 Å². The van der Waals surface area contributed by atoms with E-state index in [-0.39, 0.29) is 29.9 Å². The maximum Gasteiger partial charge on any atom is 0.256 e. The average Bonchev–Trinajstić information content (AvgIpc) is 3.14. The van der Waals surface area contributed by atoms with Gasteiger partial charge in [0.2, 0.25) is 5.91 Å². The number of halogens is 2. The Morgan fingerprint density at radius 2 is 1.74 bits per heavy atom. The minimum Gasteiger partial charge on any atom is -0.492 e. The first-order valence-corrected chi connectivity index (χ1v) is 9.08. The standard InChI is InChI=1S/C19H16F2N2O3S/c20-14-3-1-13(2-4-14)17-11-23-19(26-17)27-12-18(24)22-9-10-25-16-7-5-15(21)6-8-16/h1-8,11H,9-10,12H2,(H,22,24). The van der Waals surface area contributed by atoms with Crippen LogP contribution in [0.3, 0.4) is 0 Å². The van der Waals surface area contributed by atoms with E-state index in [1.54, 1.807) is 12.1 Å². The van der Waals surface area contributed by atoms with Crippen molar-refractivity contribution >= 4 is 17.7 Å². The van der Waals surface area contributed by atoms with Crippen molar-refractivity contribution in [3.05, 3.63) is 66.4 Å². The Bertz CT molecular complexity index is 883. The number of thioether (sulfide) groups is 1. The molecule has 140 valence electrons. The molecular weight excluding hydrogens is 374 g/mol. The minimum atomic E-state index is -0.332. The zero-order valence-electron chi connectivity index (χ0n) is 14.2. The fourth-order valence-electron chi connectivity index (χ4n) is 2.14. The van der Waals surface area contributed by atoms with Crippen molar-refractivity contribution < 1.29 is 22.7 Å². The fraction of sp³-hybridized carbons (Fsp3) is 0.158. The molecule has 1 amide bonds. The first-order valence-electron chi connectivity index (χ1n) is 8.10. The third-order valence-electron chi connectivity index (χ3n) is 3.45. The molecule has 3 aromatic rings. The lowest BCUT2D eigenvalue weighted by atomic mass is 10.2. The third kappa shape index (κ3) is 5.82. The minimum absolute atomic E-state index is 0.139. The van der Waals surface area contributed by atoms with Crippen molar-refractivity contribution in [3.63, 3.8) is 0 Å². The van der Waals surface area contributed by atoms with Crippen LogP contribution in [0.1, 0.15) is 0 Å². The van der Waals surface area contributed by atoms with Crippen LogP contribution in [-0.2, 0) is 4.79 Å². The van der Waals surface area contributed by atoms with E-state index >= 15 is 0 Å². The second kappa shape index (κ2) is 9.18. The number of nitrogens with one attached hydrogen (secondary N) is 1. The van der Waals surface area contributed by atoms with E-state index in [4.69, 9.17) is 9.15 Å². The normalized spacial score (nSPS) is 10.6. The smallest absolute Gasteiger partial charge is 0.256 e. The zero-order valence-corrected chi connectivity index (χ0v) is 15.0. The molecule has 5 nitrogen and oxygen atoms in total. The molecule has 27 heavy (non-hydrogen) atoms. The van der Waals surface area contributed by atoms with Crippen molar-refractivity contribution in [3.8, 4) is 17.1 Å². The Kier molecular flexibility index (Phi) is 6.43. The summed E-state index contributed by atoms with van der Waals surface area (Å²) in [5.74, 6) is 0.331. The molecule has 0 aliphatic carbocycles. The summed E-state index contributed by atoms with van der Waals surface area (Å²) in [6.45, 7) is 0.596. The topological polar surface area (TPSA) is 64.4 Å². The average molecular weight is 390 g/mol. The Labute approximate surface area is 158 Å². The molecule has 0 saturated heterocycles. The fourth-order valence-corrected chi connectivity index (χ4v) is 2.77. The predicted molar refractivity (Wildman–Crippen MR) is 97.5 cm³/mol. The van der Waals surface area contributed by atoms with E-state index in [0.29, 0.717) is 28.8 Å². The molecule has 0 bridgehead atoms. The van der Waals surface area contributed by atoms with Gasteiger partial charge in [0.1, 0.15) is 24.0 Å². The lowest BCUT2D eigenvalue weighted by molar-refractivity contribution is -0.118. The Morgan fingerprint density at radius 1 is 1.07 bits per heavy atom. The Morgan fingerprint density at radius 3 is 2.44 bits per heavy atom. The van der Waals surface area contributed by atoms with Gasteiger partial charge in [0.25, 0.3) is 5.22 Å². The van der Waals surface area contributed by atoms with E-state index < -0.39 is 0 Å². The summed E-state index contributed by atoms with van der Waals surface area (Å²) in [6.07, 6.45) is 1.53. The van der Waals surface area contributed by atoms with Crippen LogP contribution >= 0.6 is 11.8 Å². The number of benzene rings is 2. The van der Waals surface area contributed by atoms with Gasteiger partial charge in [-0.25, -0.2) is 13.8 Å². The van der Waals surface area contributed by atoms with Gasteiger partial charge in [-0.3, -0.25) is 4.79 Å². The summed E-state index contributed by atoms with van der Waals surface area (Å²) in [6, 6.07) is 11.5. The third-order valence-corrected chi connectivity index (χ3v) is 4.29. The van der Waals surface area contributed by atoms with Crippen LogP contribution in [-0.4, -0.2) is 29.8 Å². The Hall–Kier alpha value is -2.87. The van der Waals surface area contributed by atoms with Gasteiger partial charge in [0, 0.05) is 5.56 Å². The molecule has 0 fully saturated rings. The summed E-state index contributed by atoms with van der Waals surface area (Å²) in [7, 11) is 0. The maximum absolute atomic E-state index is 12.9. The molecule has 0 saturated carbocycles. The lowest BCUT2D eigenvalue weighted by Crippen LogP contribution is -2.29. The SMILES string of the molecule is O=C(CSc1ncc(-c2ccc(F)cc2)o1)NCCOc1ccc(F)cc1. The molecule has 1 heterocycles. The van der Waals surface area contributed by atoms with E-state index in [1.165, 1.54) is 42.6 Å². The van der Waals surface area contributed by atoms with Crippen molar-refractivity contribution in [1.82, 2.24) is 10.3 Å². The molecular formula is C19H16F2N2O3S. The van der Waals surface area contributed by atoms with Gasteiger partial charge < -0.3 is 14.5 Å². The summed E-state index contributed by atoms with van der Waals surface area (Å²) in [4.78, 5) is 15.9. The van der Waals surface area contributed by atoms with Gasteiger partial charge in [0.05, 0.1) is 18.5 Å². The largest absolute Gasteiger partial charge is 0.492 e. The van der Waals surface area contributed by atoms with Gasteiger partial charge in [-0.05, 0) is 48.5 Å². The predicted octanol–water partition coefficient (Wildman–Crippen LogP) is 3.91. The molecule has 0 aliphatic rings. The quantitative estimate of drug-likeness (QED) is 0.467. The van der Waals surface area contributed by atoms with E-state index in [9.17, 15) is 13.6 Å². The van der Waals surface area contributed by atoms with Gasteiger partial charge in [-0.15, -0.1) is 0 Å². The number of hydrogen-bond donors (Lipinski definition) is 1. The highest BCUT2D eigenvalue weighted by Gasteiger charge is 2.09. The summed E-state index contributed by atoms with van der Waals surface area (Å²) < 4.78 is 36.7. The number of carbonyl (C=O) groups is 1. The van der Waals surface area contributed by atoms with Crippen LogP contribution in [0.4, 0.5) is 8.78 Å². The molecule has 8 heteroatoms. The number of nitrogens with zero attached hydrogens (tertiary/aromatic N) is 1. The second-order valence-corrected chi connectivity index (χ2v) is 6.36. The first kappa shape index (κ1) is 18.9. The Balaban J connectivity index is 1.38. The van der Waals surface area contributed by atoms with Crippen molar-refractivity contribution in [2.75, 3.05) is 18.9 Å². The zero-order chi connectivity index (χ0) is 19.1. The molecule has 0 spiro atoms. The van der Waals surface area contributed by atoms with Gasteiger partial charge in [-0.1, -0.05) is 11.8 Å². The monoisotopic (exact) mass is 390 g/mol. The molecule has 2 aromatic carbocycles. The second-order valence-electron chi connectivity index (χ2n) is 5.44. The summed E-state index contributed by atoms with van der Waals surface area (Å²) in [5.41, 5.74) is 0.707. The van der Waals surface area contributed by atoms with Crippen LogP contribution < -0.4 is 10.1 Å². The molecule has 1 aromatic heterocycles. The highest BCUT2D eigenvalue weighted by atomic mass is 32.2. The van der Waals surface area contributed by atoms with Crippen LogP contribution in [0.15, 0.2) is 64.4 Å². The molecule has 0 aliphatic heterocycles. The lowest BCUT2D eigenvalue weighted by Gasteiger charge is -2.07. The highest BCUT2D eigenvalue weighted by molar-refractivity contribution is 7.99.